The van der Waals surface area contributed by atoms with E-state index < -0.39 is 16.7 Å². The fraction of sp³-hybridized carbons (Fsp3) is 0. The minimum atomic E-state index is -0.580. The molecule has 0 saturated heterocycles. The van der Waals surface area contributed by atoms with E-state index in [0.717, 1.165) is 0 Å². The van der Waals surface area contributed by atoms with Crippen molar-refractivity contribution < 1.29 is 32.0 Å². The standard InChI is InChI=1S/CH2AsO2.Zr/c2-1(3)4;/h2H,(H,3,4);/q-1;+1. The summed E-state index contributed by atoms with van der Waals surface area (Å²) in [4.78, 5) is 9.45. The number of rotatable bonds is 1. The molecule has 0 aliphatic rings. The molecule has 0 rings (SSSR count). The molecule has 0 radical (unpaired) electrons. The molecule has 0 aliphatic carbocycles. The van der Waals surface area contributed by atoms with Gasteiger partial charge in [0.1, 0.15) is 0 Å². The zero-order valence-corrected chi connectivity index (χ0v) is 6.91. The van der Waals surface area contributed by atoms with E-state index in [9.17, 15) is 4.79 Å². The van der Waals surface area contributed by atoms with Crippen molar-refractivity contribution in [3.05, 3.63) is 0 Å². The molecule has 0 aromatic carbocycles. The summed E-state index contributed by atoms with van der Waals surface area (Å²) in [5, 5.41) is 7.80. The molecule has 0 fully saturated rings. The maximum atomic E-state index is 9.45. The molecule has 0 aromatic rings. The van der Waals surface area contributed by atoms with E-state index in [-0.39, 0.29) is 0 Å². The summed E-state index contributed by atoms with van der Waals surface area (Å²) in [6.07, 6.45) is 0. The van der Waals surface area contributed by atoms with Crippen LogP contribution in [-0.4, -0.2) is 21.8 Å². The fourth-order valence-electron chi connectivity index (χ4n) is 0. The van der Waals surface area contributed by atoms with Gasteiger partial charge in [0.2, 0.25) is 0 Å². The van der Waals surface area contributed by atoms with Crippen LogP contribution >= 0.6 is 0 Å². The van der Waals surface area contributed by atoms with Crippen LogP contribution in [0.5, 0.6) is 0 Å². The molecular formula is CH2AsO2Zr. The van der Waals surface area contributed by atoms with E-state index in [1.54, 1.807) is 0 Å². The van der Waals surface area contributed by atoms with Crippen LogP contribution in [0.15, 0.2) is 0 Å². The molecule has 5 heavy (non-hydrogen) atoms. The molecule has 0 aromatic heterocycles. The Morgan fingerprint density at radius 1 is 2.00 bits per heavy atom. The Bertz CT molecular complexity index is 44.9. The van der Waals surface area contributed by atoms with Crippen molar-refractivity contribution in [3.8, 4) is 0 Å². The first-order chi connectivity index (χ1) is 2.27. The van der Waals surface area contributed by atoms with E-state index in [0.29, 0.717) is 0 Å². The summed E-state index contributed by atoms with van der Waals surface area (Å²) in [5.41, 5.74) is 0. The Labute approximate surface area is 48.5 Å². The summed E-state index contributed by atoms with van der Waals surface area (Å²) in [5.74, 6) is 0. The van der Waals surface area contributed by atoms with Gasteiger partial charge in [-0.3, -0.25) is 0 Å². The first-order valence-electron chi connectivity index (χ1n) is 0.928. The first kappa shape index (κ1) is 5.91. The normalized spacial score (nSPS) is 9.40. The van der Waals surface area contributed by atoms with Gasteiger partial charge < -0.3 is 0 Å². The second kappa shape index (κ2) is 3.12. The van der Waals surface area contributed by atoms with Crippen molar-refractivity contribution in [3.63, 3.8) is 0 Å². The third-order valence-electron chi connectivity index (χ3n) is 0.107. The van der Waals surface area contributed by atoms with Crippen LogP contribution < -0.4 is 0 Å². The van der Waals surface area contributed by atoms with Gasteiger partial charge in [-0.05, 0) is 0 Å². The van der Waals surface area contributed by atoms with Crippen LogP contribution in [0.2, 0.25) is 0 Å². The number of carboxylic acid groups (broad SMARTS) is 1. The van der Waals surface area contributed by atoms with Gasteiger partial charge in [0.05, 0.1) is 0 Å². The van der Waals surface area contributed by atoms with Crippen molar-refractivity contribution in [2.45, 2.75) is 0 Å². The Hall–Kier alpha value is 0.912. The Kier molecular flexibility index (Phi) is 3.68. The Morgan fingerprint density at radius 2 is 2.20 bits per heavy atom. The molecule has 0 spiro atoms. The van der Waals surface area contributed by atoms with Gasteiger partial charge in [-0.25, -0.2) is 0 Å². The van der Waals surface area contributed by atoms with Crippen LogP contribution in [-0.2, 0) is 22.1 Å². The van der Waals surface area contributed by atoms with E-state index in [4.69, 9.17) is 5.11 Å². The first-order valence-corrected chi connectivity index (χ1v) is 9.41. The van der Waals surface area contributed by atoms with E-state index in [1.807, 2.05) is 0 Å². The molecule has 0 aliphatic heterocycles. The molecule has 4 heteroatoms. The predicted molar refractivity (Wildman–Crippen MR) is 15.2 cm³/mol. The monoisotopic (exact) mass is 211 g/mol. The molecule has 0 bridgehead atoms. The third kappa shape index (κ3) is 4.91. The average Bonchev–Trinajstić information content (AvgIpc) is 1.38. The summed E-state index contributed by atoms with van der Waals surface area (Å²) in [6, 6.07) is 0. The van der Waals surface area contributed by atoms with Crippen LogP contribution in [0.25, 0.3) is 0 Å². The predicted octanol–water partition coefficient (Wildman–Crippen LogP) is -0.437. The van der Waals surface area contributed by atoms with Crippen LogP contribution in [0, 0.1) is 0 Å². The topological polar surface area (TPSA) is 37.3 Å². The summed E-state index contributed by atoms with van der Waals surface area (Å²) in [6.45, 7) is 0. The number of carbonyl (C=O) groups is 1. The summed E-state index contributed by atoms with van der Waals surface area (Å²) >= 11 is 0.641. The average molecular weight is 212 g/mol. The van der Waals surface area contributed by atoms with Gasteiger partial charge in [0.15, 0.2) is 0 Å². The van der Waals surface area contributed by atoms with Gasteiger partial charge in [-0.2, -0.15) is 0 Å². The van der Waals surface area contributed by atoms with Gasteiger partial charge in [-0.1, -0.05) is 0 Å². The molecule has 1 unspecified atom stereocenters. The second-order valence-electron chi connectivity index (χ2n) is 0.430. The maximum absolute atomic E-state index is 9.45. The van der Waals surface area contributed by atoms with Gasteiger partial charge in [0.25, 0.3) is 0 Å². The zero-order valence-electron chi connectivity index (χ0n) is 2.36. The van der Waals surface area contributed by atoms with Gasteiger partial charge >= 0.3 is 48.7 Å². The van der Waals surface area contributed by atoms with E-state index in [1.165, 1.54) is 22.1 Å². The van der Waals surface area contributed by atoms with Gasteiger partial charge in [-0.15, -0.1) is 0 Å². The Morgan fingerprint density at radius 3 is 2.20 bits per heavy atom. The molecule has 1 N–H and O–H groups in total. The fourth-order valence-corrected chi connectivity index (χ4v) is 0. The van der Waals surface area contributed by atoms with Crippen LogP contribution in [0.3, 0.4) is 0 Å². The summed E-state index contributed by atoms with van der Waals surface area (Å²) in [7, 11) is 0. The minimum absolute atomic E-state index is 0.549. The quantitative estimate of drug-likeness (QED) is 0.598. The molecular weight excluding hydrogens is 210 g/mol. The van der Waals surface area contributed by atoms with Crippen LogP contribution in [0.1, 0.15) is 0 Å². The molecule has 0 amide bonds. The van der Waals surface area contributed by atoms with Crippen LogP contribution in [0.4, 0.5) is 4.79 Å². The summed E-state index contributed by atoms with van der Waals surface area (Å²) < 4.78 is -0.580. The van der Waals surface area contributed by atoms with Crippen molar-refractivity contribution in [2.75, 3.05) is 0 Å². The van der Waals surface area contributed by atoms with Crippen molar-refractivity contribution in [2.24, 2.45) is 0 Å². The molecule has 0 heterocycles. The number of hydrogen-bond acceptors (Lipinski definition) is 1. The van der Waals surface area contributed by atoms with Crippen molar-refractivity contribution in [1.82, 2.24) is 0 Å². The molecule has 1 atom stereocenters. The Balaban J connectivity index is 2.85. The van der Waals surface area contributed by atoms with E-state index >= 15 is 0 Å². The molecule has 27 valence electrons. The number of hydrogen-bond donors (Lipinski definition) is 1. The van der Waals surface area contributed by atoms with Crippen molar-refractivity contribution >= 4 is 16.7 Å². The second-order valence-corrected chi connectivity index (χ2v) is 5.05. The van der Waals surface area contributed by atoms with Gasteiger partial charge in [0, 0.05) is 0 Å². The zero-order chi connectivity index (χ0) is 4.28. The van der Waals surface area contributed by atoms with Crippen molar-refractivity contribution in [1.29, 1.82) is 0 Å². The third-order valence-corrected chi connectivity index (χ3v) is 3.29. The van der Waals surface area contributed by atoms with E-state index in [2.05, 4.69) is 0 Å². The SMILES string of the molecule is O=C(O)[AsH][Zr]. The molecule has 0 saturated carbocycles. The molecule has 2 nitrogen and oxygen atoms in total.